The fourth-order valence-electron chi connectivity index (χ4n) is 4.75. The molecule has 2 N–H and O–H groups in total. The fourth-order valence-corrected chi connectivity index (χ4v) is 5.83. The molecule has 1 aromatic carbocycles. The van der Waals surface area contributed by atoms with Crippen molar-refractivity contribution in [3.63, 3.8) is 0 Å². The second kappa shape index (κ2) is 4.91. The van der Waals surface area contributed by atoms with Gasteiger partial charge in [0.2, 0.25) is 5.79 Å². The first-order valence-corrected chi connectivity index (χ1v) is 9.82. The molecule has 0 heterocycles. The van der Waals surface area contributed by atoms with Crippen molar-refractivity contribution in [2.45, 2.75) is 55.3 Å². The fraction of sp³-hybridized carbons (Fsp3) is 0.556. The zero-order chi connectivity index (χ0) is 17.2. The summed E-state index contributed by atoms with van der Waals surface area (Å²) in [6, 6.07) is 6.22. The average Bonchev–Trinajstić information content (AvgIpc) is 2.90. The molecule has 130 valence electrons. The SMILES string of the molecule is Cc1ccc(S(=O)(=O)OC2(O)C=CC3C4(CCCCC4)C32O)cc1. The number of hydrogen-bond donors (Lipinski definition) is 2. The molecule has 1 spiro atoms. The van der Waals surface area contributed by atoms with Gasteiger partial charge in [-0.25, -0.2) is 4.18 Å². The van der Waals surface area contributed by atoms with Gasteiger partial charge >= 0.3 is 0 Å². The van der Waals surface area contributed by atoms with E-state index < -0.39 is 26.9 Å². The molecule has 5 nitrogen and oxygen atoms in total. The van der Waals surface area contributed by atoms with Gasteiger partial charge in [-0.15, -0.1) is 0 Å². The summed E-state index contributed by atoms with van der Waals surface area (Å²) < 4.78 is 30.3. The Morgan fingerprint density at radius 2 is 1.71 bits per heavy atom. The second-order valence-corrected chi connectivity index (χ2v) is 8.91. The minimum Gasteiger partial charge on any atom is -0.383 e. The van der Waals surface area contributed by atoms with Gasteiger partial charge in [-0.2, -0.15) is 8.42 Å². The molecular formula is C18H22O5S. The van der Waals surface area contributed by atoms with E-state index in [2.05, 4.69) is 0 Å². The van der Waals surface area contributed by atoms with Crippen molar-refractivity contribution < 1.29 is 22.8 Å². The summed E-state index contributed by atoms with van der Waals surface area (Å²) in [5, 5.41) is 22.0. The predicted octanol–water partition coefficient (Wildman–Crippen LogP) is 2.27. The Morgan fingerprint density at radius 3 is 2.33 bits per heavy atom. The van der Waals surface area contributed by atoms with Crippen LogP contribution in [-0.2, 0) is 14.3 Å². The molecule has 2 saturated carbocycles. The Bertz CT molecular complexity index is 791. The van der Waals surface area contributed by atoms with Crippen LogP contribution < -0.4 is 0 Å². The molecule has 0 aromatic heterocycles. The normalized spacial score (nSPS) is 36.7. The van der Waals surface area contributed by atoms with Crippen molar-refractivity contribution in [2.24, 2.45) is 11.3 Å². The molecule has 3 unspecified atom stereocenters. The van der Waals surface area contributed by atoms with Crippen LogP contribution in [0.2, 0.25) is 0 Å². The molecule has 3 atom stereocenters. The van der Waals surface area contributed by atoms with Gasteiger partial charge in [0.25, 0.3) is 10.1 Å². The second-order valence-electron chi connectivity index (χ2n) is 7.37. The summed E-state index contributed by atoms with van der Waals surface area (Å²) in [5.74, 6) is -2.43. The van der Waals surface area contributed by atoms with E-state index in [0.717, 1.165) is 37.7 Å². The zero-order valence-corrected chi connectivity index (χ0v) is 14.4. The van der Waals surface area contributed by atoms with Gasteiger partial charge in [-0.1, -0.05) is 43.0 Å². The van der Waals surface area contributed by atoms with Crippen LogP contribution in [0, 0.1) is 18.3 Å². The highest BCUT2D eigenvalue weighted by Crippen LogP contribution is 2.76. The molecule has 24 heavy (non-hydrogen) atoms. The van der Waals surface area contributed by atoms with E-state index in [1.54, 1.807) is 18.2 Å². The molecular weight excluding hydrogens is 328 g/mol. The first kappa shape index (κ1) is 16.3. The lowest BCUT2D eigenvalue weighted by Gasteiger charge is -2.35. The van der Waals surface area contributed by atoms with Gasteiger partial charge in [0.05, 0.1) is 4.90 Å². The van der Waals surface area contributed by atoms with Gasteiger partial charge in [0, 0.05) is 11.3 Å². The van der Waals surface area contributed by atoms with Crippen molar-refractivity contribution in [1.82, 2.24) is 0 Å². The highest BCUT2D eigenvalue weighted by Gasteiger charge is 2.85. The van der Waals surface area contributed by atoms with Crippen molar-refractivity contribution in [3.05, 3.63) is 42.0 Å². The minimum atomic E-state index is -4.18. The highest BCUT2D eigenvalue weighted by atomic mass is 32.2. The van der Waals surface area contributed by atoms with Crippen LogP contribution in [0.3, 0.4) is 0 Å². The molecule has 6 heteroatoms. The molecule has 0 saturated heterocycles. The van der Waals surface area contributed by atoms with E-state index in [-0.39, 0.29) is 10.8 Å². The Balaban J connectivity index is 1.65. The number of rotatable bonds is 3. The van der Waals surface area contributed by atoms with Crippen LogP contribution in [0.4, 0.5) is 0 Å². The van der Waals surface area contributed by atoms with E-state index in [9.17, 15) is 18.6 Å². The monoisotopic (exact) mass is 350 g/mol. The number of aryl methyl sites for hydroxylation is 1. The van der Waals surface area contributed by atoms with Crippen LogP contribution in [0.1, 0.15) is 37.7 Å². The molecule has 0 aliphatic heterocycles. The summed E-state index contributed by atoms with van der Waals surface area (Å²) in [5.41, 5.74) is -1.06. The standard InChI is InChI=1S/C18H22O5S/c1-13-5-7-14(8-6-13)24(21,22)23-17(19)12-9-15-16(18(15,17)20)10-3-2-4-11-16/h5-9,12,15,19-20H,2-4,10-11H2,1H3. The summed E-state index contributed by atoms with van der Waals surface area (Å²) in [7, 11) is -4.18. The molecule has 0 amide bonds. The maximum atomic E-state index is 12.6. The Labute approximate surface area is 142 Å². The maximum absolute atomic E-state index is 12.6. The molecule has 0 radical (unpaired) electrons. The average molecular weight is 350 g/mol. The summed E-state index contributed by atoms with van der Waals surface area (Å²) in [6.07, 6.45) is 7.65. The Kier molecular flexibility index (Phi) is 3.33. The topological polar surface area (TPSA) is 83.8 Å². The molecule has 3 aliphatic rings. The van der Waals surface area contributed by atoms with E-state index >= 15 is 0 Å². The van der Waals surface area contributed by atoms with Gasteiger partial charge in [0.15, 0.2) is 0 Å². The van der Waals surface area contributed by atoms with Gasteiger partial charge in [0.1, 0.15) is 5.60 Å². The van der Waals surface area contributed by atoms with Crippen molar-refractivity contribution >= 4 is 10.1 Å². The lowest BCUT2D eigenvalue weighted by atomic mass is 9.79. The van der Waals surface area contributed by atoms with Crippen molar-refractivity contribution in [2.75, 3.05) is 0 Å². The van der Waals surface area contributed by atoms with Crippen LogP contribution in [0.5, 0.6) is 0 Å². The van der Waals surface area contributed by atoms with Crippen LogP contribution >= 0.6 is 0 Å². The molecule has 2 fully saturated rings. The first-order chi connectivity index (χ1) is 11.3. The predicted molar refractivity (Wildman–Crippen MR) is 87.5 cm³/mol. The van der Waals surface area contributed by atoms with Gasteiger partial charge in [-0.3, -0.25) is 0 Å². The third-order valence-electron chi connectivity index (χ3n) is 6.07. The lowest BCUT2D eigenvalue weighted by Crippen LogP contribution is -2.49. The quantitative estimate of drug-likeness (QED) is 0.496. The Morgan fingerprint density at radius 1 is 1.08 bits per heavy atom. The van der Waals surface area contributed by atoms with Crippen LogP contribution in [0.25, 0.3) is 0 Å². The summed E-state index contributed by atoms with van der Waals surface area (Å²) >= 11 is 0. The largest absolute Gasteiger partial charge is 0.383 e. The number of aliphatic hydroxyl groups is 2. The van der Waals surface area contributed by atoms with E-state index in [0.29, 0.717) is 0 Å². The minimum absolute atomic E-state index is 0.0275. The Hall–Kier alpha value is -1.21. The maximum Gasteiger partial charge on any atom is 0.300 e. The number of benzene rings is 1. The summed E-state index contributed by atoms with van der Waals surface area (Å²) in [4.78, 5) is -0.0275. The van der Waals surface area contributed by atoms with Gasteiger partial charge in [-0.05, 0) is 38.0 Å². The molecule has 4 rings (SSSR count). The third-order valence-corrected chi connectivity index (χ3v) is 7.40. The third kappa shape index (κ3) is 1.94. The number of fused-ring (bicyclic) bond motifs is 3. The van der Waals surface area contributed by atoms with Crippen molar-refractivity contribution in [1.29, 1.82) is 0 Å². The number of hydrogen-bond acceptors (Lipinski definition) is 5. The highest BCUT2D eigenvalue weighted by molar-refractivity contribution is 7.86. The molecule has 0 bridgehead atoms. The van der Waals surface area contributed by atoms with Crippen molar-refractivity contribution in [3.8, 4) is 0 Å². The lowest BCUT2D eigenvalue weighted by molar-refractivity contribution is -0.195. The molecule has 3 aliphatic carbocycles. The van der Waals surface area contributed by atoms with E-state index in [1.807, 2.05) is 6.92 Å². The summed E-state index contributed by atoms with van der Waals surface area (Å²) in [6.45, 7) is 1.86. The molecule has 1 aromatic rings. The zero-order valence-electron chi connectivity index (χ0n) is 13.6. The smallest absolute Gasteiger partial charge is 0.300 e. The first-order valence-electron chi connectivity index (χ1n) is 8.42. The van der Waals surface area contributed by atoms with Crippen LogP contribution in [0.15, 0.2) is 41.3 Å². The van der Waals surface area contributed by atoms with Crippen LogP contribution in [-0.4, -0.2) is 30.0 Å². The van der Waals surface area contributed by atoms with Gasteiger partial charge < -0.3 is 10.2 Å². The van der Waals surface area contributed by atoms with E-state index in [4.69, 9.17) is 4.18 Å². The van der Waals surface area contributed by atoms with E-state index in [1.165, 1.54) is 18.2 Å².